The van der Waals surface area contributed by atoms with Gasteiger partial charge in [-0.15, -0.1) is 11.3 Å². The second-order valence-corrected chi connectivity index (χ2v) is 6.41. The van der Waals surface area contributed by atoms with Crippen molar-refractivity contribution in [2.75, 3.05) is 6.61 Å². The van der Waals surface area contributed by atoms with Crippen LogP contribution in [0.15, 0.2) is 28.1 Å². The summed E-state index contributed by atoms with van der Waals surface area (Å²) in [6.45, 7) is 6.57. The topological polar surface area (TPSA) is 61.6 Å². The largest absolute Gasteiger partial charge is 0.457 e. The lowest BCUT2D eigenvalue weighted by Gasteiger charge is -2.12. The molecule has 2 rings (SSSR count). The third-order valence-corrected chi connectivity index (χ3v) is 3.96. The summed E-state index contributed by atoms with van der Waals surface area (Å²) in [5.41, 5.74) is 0.589. The minimum Gasteiger partial charge on any atom is -0.457 e. The maximum Gasteiger partial charge on any atom is 0.335 e. The molecule has 0 saturated carbocycles. The highest BCUT2D eigenvalue weighted by Gasteiger charge is 2.16. The number of esters is 1. The number of hydrogen-bond donors (Lipinski definition) is 0. The van der Waals surface area contributed by atoms with Crippen molar-refractivity contribution in [1.29, 1.82) is 0 Å². The fourth-order valence-corrected chi connectivity index (χ4v) is 2.40. The van der Waals surface area contributed by atoms with Crippen molar-refractivity contribution in [3.8, 4) is 10.6 Å². The molecule has 120 valence electrons. The molecule has 0 radical (unpaired) electrons. The lowest BCUT2D eigenvalue weighted by Crippen LogP contribution is -2.24. The lowest BCUT2D eigenvalue weighted by molar-refractivity contribution is -0.157. The molecule has 0 fully saturated rings. The summed E-state index contributed by atoms with van der Waals surface area (Å²) in [6.07, 6.45) is 0.355. The Bertz CT molecular complexity index is 577. The van der Waals surface area contributed by atoms with Gasteiger partial charge in [0.05, 0.1) is 4.88 Å². The van der Waals surface area contributed by atoms with Crippen LogP contribution in [-0.2, 0) is 20.9 Å². The summed E-state index contributed by atoms with van der Waals surface area (Å²) in [5.74, 6) is 0.848. The van der Waals surface area contributed by atoms with Crippen LogP contribution in [0, 0.1) is 5.92 Å². The van der Waals surface area contributed by atoms with E-state index in [-0.39, 0.29) is 12.6 Å². The summed E-state index contributed by atoms with van der Waals surface area (Å²) in [5, 5.41) is 5.87. The van der Waals surface area contributed by atoms with Crippen LogP contribution in [0.5, 0.6) is 0 Å². The van der Waals surface area contributed by atoms with E-state index >= 15 is 0 Å². The summed E-state index contributed by atoms with van der Waals surface area (Å²) < 4.78 is 15.9. The summed E-state index contributed by atoms with van der Waals surface area (Å²) in [6, 6.07) is 5.67. The van der Waals surface area contributed by atoms with E-state index in [1.165, 1.54) is 0 Å². The summed E-state index contributed by atoms with van der Waals surface area (Å²) >= 11 is 1.57. The van der Waals surface area contributed by atoms with Gasteiger partial charge in [-0.3, -0.25) is 0 Å². The van der Waals surface area contributed by atoms with Crippen molar-refractivity contribution in [3.05, 3.63) is 29.3 Å². The van der Waals surface area contributed by atoms with Gasteiger partial charge in [0.1, 0.15) is 12.3 Å². The number of carbonyl (C=O) groups is 1. The number of nitrogens with zero attached hydrogens (tertiary/aromatic N) is 1. The number of hydrogen-bond acceptors (Lipinski definition) is 6. The monoisotopic (exact) mass is 323 g/mol. The van der Waals surface area contributed by atoms with E-state index in [2.05, 4.69) is 19.0 Å². The molecule has 0 aliphatic heterocycles. The Morgan fingerprint density at radius 3 is 2.91 bits per heavy atom. The number of ether oxygens (including phenoxy) is 2. The van der Waals surface area contributed by atoms with Crippen LogP contribution >= 0.6 is 11.3 Å². The van der Waals surface area contributed by atoms with Crippen molar-refractivity contribution in [2.45, 2.75) is 39.9 Å². The normalized spacial score (nSPS) is 12.5. The first-order chi connectivity index (χ1) is 10.6. The van der Waals surface area contributed by atoms with Gasteiger partial charge in [0.25, 0.3) is 0 Å². The van der Waals surface area contributed by atoms with E-state index in [1.54, 1.807) is 24.3 Å². The smallest absolute Gasteiger partial charge is 0.335 e. The van der Waals surface area contributed by atoms with Crippen LogP contribution in [-0.4, -0.2) is 23.8 Å². The Kier molecular flexibility index (Phi) is 6.15. The standard InChI is InChI=1S/C16H21NO4S/c1-11(2)6-7-19-12(3)16(18)20-10-13-9-14(21-17-13)15-5-4-8-22-15/h4-5,8-9,11-12H,6-7,10H2,1-3H3. The number of thiophene rings is 1. The van der Waals surface area contributed by atoms with Gasteiger partial charge in [0.2, 0.25) is 0 Å². The van der Waals surface area contributed by atoms with E-state index in [0.29, 0.717) is 24.0 Å². The molecule has 0 aliphatic carbocycles. The summed E-state index contributed by atoms with van der Waals surface area (Å²) in [4.78, 5) is 12.8. The van der Waals surface area contributed by atoms with Crippen LogP contribution in [0.1, 0.15) is 32.9 Å². The second kappa shape index (κ2) is 8.10. The van der Waals surface area contributed by atoms with Gasteiger partial charge in [-0.25, -0.2) is 4.79 Å². The number of rotatable bonds is 8. The molecule has 1 unspecified atom stereocenters. The molecule has 2 heterocycles. The van der Waals surface area contributed by atoms with Crippen molar-refractivity contribution < 1.29 is 18.8 Å². The van der Waals surface area contributed by atoms with Gasteiger partial charge in [0, 0.05) is 12.7 Å². The Hall–Kier alpha value is -1.66. The average molecular weight is 323 g/mol. The van der Waals surface area contributed by atoms with E-state index < -0.39 is 6.10 Å². The molecule has 0 N–H and O–H groups in total. The first-order valence-electron chi connectivity index (χ1n) is 7.34. The van der Waals surface area contributed by atoms with Gasteiger partial charge >= 0.3 is 5.97 Å². The minimum absolute atomic E-state index is 0.0889. The van der Waals surface area contributed by atoms with Gasteiger partial charge < -0.3 is 14.0 Å². The molecule has 0 aromatic carbocycles. The van der Waals surface area contributed by atoms with Crippen LogP contribution in [0.3, 0.4) is 0 Å². The van der Waals surface area contributed by atoms with E-state index in [4.69, 9.17) is 14.0 Å². The Morgan fingerprint density at radius 2 is 2.23 bits per heavy atom. The molecule has 2 aromatic rings. The van der Waals surface area contributed by atoms with Crippen LogP contribution in [0.25, 0.3) is 10.6 Å². The zero-order valence-electron chi connectivity index (χ0n) is 13.1. The quantitative estimate of drug-likeness (QED) is 0.690. The highest BCUT2D eigenvalue weighted by atomic mass is 32.1. The number of aromatic nitrogens is 1. The van der Waals surface area contributed by atoms with Crippen LogP contribution in [0.4, 0.5) is 0 Å². The molecule has 1 atom stereocenters. The molecule has 5 nitrogen and oxygen atoms in total. The van der Waals surface area contributed by atoms with Crippen molar-refractivity contribution >= 4 is 17.3 Å². The molecule has 0 bridgehead atoms. The molecule has 2 aromatic heterocycles. The summed E-state index contributed by atoms with van der Waals surface area (Å²) in [7, 11) is 0. The first-order valence-corrected chi connectivity index (χ1v) is 8.22. The maximum absolute atomic E-state index is 11.8. The van der Waals surface area contributed by atoms with Crippen molar-refractivity contribution in [1.82, 2.24) is 5.16 Å². The van der Waals surface area contributed by atoms with E-state index in [0.717, 1.165) is 11.3 Å². The zero-order chi connectivity index (χ0) is 15.9. The van der Waals surface area contributed by atoms with Gasteiger partial charge in [-0.1, -0.05) is 25.1 Å². The molecule has 22 heavy (non-hydrogen) atoms. The highest BCUT2D eigenvalue weighted by Crippen LogP contribution is 2.25. The molecule has 0 spiro atoms. The number of carbonyl (C=O) groups excluding carboxylic acids is 1. The van der Waals surface area contributed by atoms with E-state index in [9.17, 15) is 4.79 Å². The molecular formula is C16H21NO4S. The van der Waals surface area contributed by atoms with Gasteiger partial charge in [-0.05, 0) is 30.7 Å². The average Bonchev–Trinajstić information content (AvgIpc) is 3.14. The fraction of sp³-hybridized carbons (Fsp3) is 0.500. The minimum atomic E-state index is -0.567. The molecular weight excluding hydrogens is 302 g/mol. The molecule has 6 heteroatoms. The van der Waals surface area contributed by atoms with Crippen LogP contribution < -0.4 is 0 Å². The van der Waals surface area contributed by atoms with Crippen molar-refractivity contribution in [2.24, 2.45) is 5.92 Å². The van der Waals surface area contributed by atoms with Crippen molar-refractivity contribution in [3.63, 3.8) is 0 Å². The Labute approximate surface area is 134 Å². The first kappa shape index (κ1) is 16.7. The van der Waals surface area contributed by atoms with Gasteiger partial charge in [-0.2, -0.15) is 0 Å². The molecule has 0 amide bonds. The highest BCUT2D eigenvalue weighted by molar-refractivity contribution is 7.13. The lowest BCUT2D eigenvalue weighted by atomic mass is 10.1. The predicted octanol–water partition coefficient (Wildman–Crippen LogP) is 3.90. The fourth-order valence-electron chi connectivity index (χ4n) is 1.73. The Balaban J connectivity index is 1.76. The zero-order valence-corrected chi connectivity index (χ0v) is 13.9. The van der Waals surface area contributed by atoms with Gasteiger partial charge in [0.15, 0.2) is 11.9 Å². The van der Waals surface area contributed by atoms with E-state index in [1.807, 2.05) is 17.5 Å². The third kappa shape index (κ3) is 4.96. The molecule has 0 aliphatic rings. The molecule has 0 saturated heterocycles. The maximum atomic E-state index is 11.8. The SMILES string of the molecule is CC(C)CCOC(C)C(=O)OCc1cc(-c2cccs2)on1. The second-order valence-electron chi connectivity index (χ2n) is 5.46. The third-order valence-electron chi connectivity index (χ3n) is 3.08. The Morgan fingerprint density at radius 1 is 1.41 bits per heavy atom. The van der Waals surface area contributed by atoms with Crippen LogP contribution in [0.2, 0.25) is 0 Å². The predicted molar refractivity (Wildman–Crippen MR) is 84.5 cm³/mol.